The first-order valence-corrected chi connectivity index (χ1v) is 14.4. The van der Waals surface area contributed by atoms with Gasteiger partial charge in [0.05, 0.1) is 28.5 Å². The molecule has 0 spiro atoms. The third-order valence-electron chi connectivity index (χ3n) is 5.66. The van der Waals surface area contributed by atoms with Crippen LogP contribution in [0.4, 0.5) is 11.6 Å². The van der Waals surface area contributed by atoms with Gasteiger partial charge in [-0.2, -0.15) is 5.26 Å². The number of rotatable bonds is 9. The van der Waals surface area contributed by atoms with E-state index in [0.717, 1.165) is 23.1 Å². The zero-order chi connectivity index (χ0) is 28.9. The lowest BCUT2D eigenvalue weighted by Gasteiger charge is -2.14. The van der Waals surface area contributed by atoms with Crippen LogP contribution < -0.4 is 14.8 Å². The molecule has 204 valence electrons. The van der Waals surface area contributed by atoms with Gasteiger partial charge in [-0.25, -0.2) is 28.1 Å². The fraction of sp³-hybridized carbons (Fsp3) is 0.179. The van der Waals surface area contributed by atoms with Crippen molar-refractivity contribution < 1.29 is 17.9 Å². The van der Waals surface area contributed by atoms with Gasteiger partial charge in [0.15, 0.2) is 0 Å². The molecular formula is C28H26N6O4S2. The summed E-state index contributed by atoms with van der Waals surface area (Å²) >= 11 is 1.16. The summed E-state index contributed by atoms with van der Waals surface area (Å²) in [5, 5.41) is 12.2. The molecule has 0 aliphatic rings. The zero-order valence-electron chi connectivity index (χ0n) is 22.2. The number of anilines is 2. The minimum absolute atomic E-state index is 0.00566. The number of aryl methyl sites for hydroxylation is 2. The Morgan fingerprint density at radius 2 is 1.62 bits per heavy atom. The van der Waals surface area contributed by atoms with E-state index in [1.807, 2.05) is 24.3 Å². The topological polar surface area (TPSA) is 147 Å². The lowest BCUT2D eigenvalue weighted by Crippen LogP contribution is -2.22. The Morgan fingerprint density at radius 3 is 2.23 bits per heavy atom. The summed E-state index contributed by atoms with van der Waals surface area (Å²) in [5.41, 5.74) is 3.56. The highest BCUT2D eigenvalue weighted by molar-refractivity contribution is 8.00. The number of benzene rings is 2. The maximum Gasteiger partial charge on any atom is 0.264 e. The Balaban J connectivity index is 1.44. The van der Waals surface area contributed by atoms with E-state index in [0.29, 0.717) is 33.4 Å². The third-order valence-corrected chi connectivity index (χ3v) is 8.11. The summed E-state index contributed by atoms with van der Waals surface area (Å²) in [6, 6.07) is 20.4. The summed E-state index contributed by atoms with van der Waals surface area (Å²) in [7, 11) is -2.34. The van der Waals surface area contributed by atoms with Crippen LogP contribution in [0.2, 0.25) is 0 Å². The number of hydrogen-bond donors (Lipinski definition) is 2. The molecule has 0 radical (unpaired) electrons. The fourth-order valence-corrected chi connectivity index (χ4v) is 5.51. The summed E-state index contributed by atoms with van der Waals surface area (Å²) < 4.78 is 33.1. The number of aromatic nitrogens is 3. The number of nitrogens with one attached hydrogen (secondary N) is 2. The number of pyridine rings is 1. The molecule has 0 saturated heterocycles. The minimum Gasteiger partial charge on any atom is -0.497 e. The van der Waals surface area contributed by atoms with E-state index in [9.17, 15) is 18.5 Å². The molecule has 0 aliphatic carbocycles. The second kappa shape index (κ2) is 12.1. The Bertz CT molecular complexity index is 1670. The number of thioether (sulfide) groups is 1. The number of hydrogen-bond acceptors (Lipinski definition) is 9. The largest absolute Gasteiger partial charge is 0.497 e. The van der Waals surface area contributed by atoms with Gasteiger partial charge in [0.25, 0.3) is 10.0 Å². The first-order valence-electron chi connectivity index (χ1n) is 12.1. The molecular weight excluding hydrogens is 548 g/mol. The molecule has 12 heteroatoms. The van der Waals surface area contributed by atoms with E-state index >= 15 is 0 Å². The van der Waals surface area contributed by atoms with Gasteiger partial charge in [-0.05, 0) is 87.5 Å². The van der Waals surface area contributed by atoms with E-state index in [4.69, 9.17) is 4.74 Å². The number of carbonyl (C=O) groups excluding carboxylic acids is 1. The Kier molecular flexibility index (Phi) is 8.67. The van der Waals surface area contributed by atoms with Crippen molar-refractivity contribution in [2.24, 2.45) is 0 Å². The van der Waals surface area contributed by atoms with Gasteiger partial charge in [-0.3, -0.25) is 4.79 Å². The van der Waals surface area contributed by atoms with Crippen LogP contribution in [0.3, 0.4) is 0 Å². The van der Waals surface area contributed by atoms with Crippen LogP contribution in [-0.4, -0.2) is 41.6 Å². The maximum atomic E-state index is 12.9. The molecule has 4 aromatic rings. The lowest BCUT2D eigenvalue weighted by atomic mass is 10.1. The van der Waals surface area contributed by atoms with Gasteiger partial charge >= 0.3 is 0 Å². The van der Waals surface area contributed by atoms with E-state index < -0.39 is 15.3 Å². The number of methoxy groups -OCH3 is 1. The predicted octanol–water partition coefficient (Wildman–Crippen LogP) is 4.96. The first-order chi connectivity index (χ1) is 19.1. The predicted molar refractivity (Wildman–Crippen MR) is 154 cm³/mol. The summed E-state index contributed by atoms with van der Waals surface area (Å²) in [6.45, 7) is 5.20. The van der Waals surface area contributed by atoms with Gasteiger partial charge in [-0.1, -0.05) is 11.8 Å². The maximum absolute atomic E-state index is 12.9. The quantitative estimate of drug-likeness (QED) is 0.265. The number of carbonyl (C=O) groups is 1. The van der Waals surface area contributed by atoms with Gasteiger partial charge in [0.2, 0.25) is 11.9 Å². The fourth-order valence-electron chi connectivity index (χ4n) is 3.67. The van der Waals surface area contributed by atoms with Crippen LogP contribution in [0.15, 0.2) is 76.7 Å². The third kappa shape index (κ3) is 6.93. The summed E-state index contributed by atoms with van der Waals surface area (Å²) in [6.07, 6.45) is 0. The van der Waals surface area contributed by atoms with Crippen LogP contribution in [0.25, 0.3) is 11.3 Å². The van der Waals surface area contributed by atoms with Crippen molar-refractivity contribution in [1.29, 1.82) is 5.26 Å². The van der Waals surface area contributed by atoms with Crippen LogP contribution in [0, 0.1) is 25.2 Å². The van der Waals surface area contributed by atoms with Crippen molar-refractivity contribution in [3.63, 3.8) is 0 Å². The summed E-state index contributed by atoms with van der Waals surface area (Å²) in [4.78, 5) is 25.8. The van der Waals surface area contributed by atoms with Crippen LogP contribution in [0.5, 0.6) is 5.75 Å². The van der Waals surface area contributed by atoms with Gasteiger partial charge < -0.3 is 10.1 Å². The molecule has 2 heterocycles. The highest BCUT2D eigenvalue weighted by atomic mass is 32.2. The second-order valence-electron chi connectivity index (χ2n) is 8.74. The van der Waals surface area contributed by atoms with E-state index in [-0.39, 0.29) is 16.8 Å². The van der Waals surface area contributed by atoms with E-state index in [2.05, 4.69) is 31.1 Å². The normalized spacial score (nSPS) is 11.8. The zero-order valence-corrected chi connectivity index (χ0v) is 23.8. The molecule has 0 bridgehead atoms. The van der Waals surface area contributed by atoms with E-state index in [1.165, 1.54) is 24.3 Å². The van der Waals surface area contributed by atoms with Crippen molar-refractivity contribution in [2.45, 2.75) is 35.9 Å². The average molecular weight is 575 g/mol. The molecule has 0 aliphatic heterocycles. The van der Waals surface area contributed by atoms with Crippen LogP contribution >= 0.6 is 11.8 Å². The second-order valence-corrected chi connectivity index (χ2v) is 11.8. The number of nitriles is 1. The molecule has 2 aromatic heterocycles. The molecule has 1 unspecified atom stereocenters. The highest BCUT2D eigenvalue weighted by Crippen LogP contribution is 2.29. The average Bonchev–Trinajstić information content (AvgIpc) is 2.92. The summed E-state index contributed by atoms with van der Waals surface area (Å²) in [5.74, 6) is 0.375. The Morgan fingerprint density at radius 1 is 0.975 bits per heavy atom. The molecule has 2 aromatic carbocycles. The molecule has 1 atom stereocenters. The standard InChI is InChI=1S/C28H26N6O4S2/c1-17-15-18(2)31-28(30-17)34-40(36,37)24-12-8-22(9-13-24)32-26(35)19(3)39-27-21(16-29)7-14-25(33-27)20-5-10-23(38-4)11-6-20/h5-15,19H,1-4H3,(H,32,35)(H,30,31,34). The number of nitrogens with zero attached hydrogens (tertiary/aromatic N) is 4. The number of amides is 1. The molecule has 40 heavy (non-hydrogen) atoms. The van der Waals surface area contributed by atoms with Gasteiger partial charge in [0, 0.05) is 22.6 Å². The van der Waals surface area contributed by atoms with Gasteiger partial charge in [0.1, 0.15) is 16.8 Å². The van der Waals surface area contributed by atoms with Crippen molar-refractivity contribution in [1.82, 2.24) is 15.0 Å². The SMILES string of the molecule is COc1ccc(-c2ccc(C#N)c(SC(C)C(=O)Nc3ccc(S(=O)(=O)Nc4nc(C)cc(C)n4)cc3)n2)cc1. The molecule has 10 nitrogen and oxygen atoms in total. The monoisotopic (exact) mass is 574 g/mol. The highest BCUT2D eigenvalue weighted by Gasteiger charge is 2.20. The molecule has 2 N–H and O–H groups in total. The molecule has 4 rings (SSSR count). The van der Waals surface area contributed by atoms with Crippen LogP contribution in [0.1, 0.15) is 23.9 Å². The minimum atomic E-state index is -3.93. The first kappa shape index (κ1) is 28.5. The molecule has 1 amide bonds. The lowest BCUT2D eigenvalue weighted by molar-refractivity contribution is -0.115. The Hall–Kier alpha value is -4.47. The molecule has 0 fully saturated rings. The van der Waals surface area contributed by atoms with Crippen molar-refractivity contribution in [3.8, 4) is 23.1 Å². The van der Waals surface area contributed by atoms with Crippen molar-refractivity contribution >= 4 is 39.3 Å². The Labute approximate surface area is 236 Å². The van der Waals surface area contributed by atoms with Gasteiger partial charge in [-0.15, -0.1) is 0 Å². The van der Waals surface area contributed by atoms with Crippen LogP contribution in [-0.2, 0) is 14.8 Å². The van der Waals surface area contributed by atoms with Crippen molar-refractivity contribution in [2.75, 3.05) is 17.1 Å². The van der Waals surface area contributed by atoms with Crippen molar-refractivity contribution in [3.05, 3.63) is 83.7 Å². The van der Waals surface area contributed by atoms with E-state index in [1.54, 1.807) is 46.1 Å². The molecule has 0 saturated carbocycles. The number of sulfonamides is 1. The smallest absolute Gasteiger partial charge is 0.264 e. The number of ether oxygens (including phenoxy) is 1.